The average Bonchev–Trinajstić information content (AvgIpc) is 2.15. The van der Waals surface area contributed by atoms with Crippen molar-refractivity contribution in [1.29, 1.82) is 0 Å². The number of nitrogens with zero attached hydrogens (tertiary/aromatic N) is 1. The molecule has 1 atom stereocenters. The van der Waals surface area contributed by atoms with Crippen molar-refractivity contribution >= 4 is 21.9 Å². The van der Waals surface area contributed by atoms with Crippen molar-refractivity contribution in [2.24, 2.45) is 0 Å². The Morgan fingerprint density at radius 3 is 2.85 bits per heavy atom. The number of carbonyl (C=O) groups excluding carboxylic acids is 1. The van der Waals surface area contributed by atoms with Crippen LogP contribution in [0, 0.1) is 0 Å². The van der Waals surface area contributed by atoms with E-state index in [-0.39, 0.29) is 11.9 Å². The van der Waals surface area contributed by atoms with Crippen molar-refractivity contribution in [3.63, 3.8) is 0 Å². The molecule has 0 radical (unpaired) electrons. The molecule has 1 rings (SSSR count). The zero-order valence-electron chi connectivity index (χ0n) is 7.45. The summed E-state index contributed by atoms with van der Waals surface area (Å²) in [6.45, 7) is 1.76. The van der Waals surface area contributed by atoms with Crippen LogP contribution in [0.15, 0.2) is 22.8 Å². The summed E-state index contributed by atoms with van der Waals surface area (Å²) in [6, 6.07) is 5.45. The molecule has 3 nitrogen and oxygen atoms in total. The Balaban J connectivity index is 2.88. The maximum absolute atomic E-state index is 11.1. The van der Waals surface area contributed by atoms with Crippen LogP contribution in [0.4, 0.5) is 0 Å². The molecule has 0 saturated carbocycles. The van der Waals surface area contributed by atoms with Crippen molar-refractivity contribution in [1.82, 2.24) is 4.98 Å². The first-order valence-electron chi connectivity index (χ1n) is 3.85. The maximum Gasteiger partial charge on any atom is 0.314 e. The molecule has 70 valence electrons. The van der Waals surface area contributed by atoms with E-state index in [4.69, 9.17) is 0 Å². The Labute approximate surface area is 85.3 Å². The zero-order valence-corrected chi connectivity index (χ0v) is 9.04. The van der Waals surface area contributed by atoms with Gasteiger partial charge in [0.2, 0.25) is 0 Å². The molecule has 0 bridgehead atoms. The lowest BCUT2D eigenvalue weighted by atomic mass is 10.1. The van der Waals surface area contributed by atoms with Crippen LogP contribution >= 0.6 is 15.9 Å². The van der Waals surface area contributed by atoms with Gasteiger partial charge in [-0.1, -0.05) is 6.07 Å². The first kappa shape index (κ1) is 10.2. The van der Waals surface area contributed by atoms with Crippen LogP contribution in [-0.4, -0.2) is 18.1 Å². The Morgan fingerprint density at radius 1 is 1.62 bits per heavy atom. The van der Waals surface area contributed by atoms with Crippen LogP contribution in [0.1, 0.15) is 18.5 Å². The third kappa shape index (κ3) is 2.52. The predicted molar refractivity (Wildman–Crippen MR) is 52.4 cm³/mol. The standard InChI is InChI=1S/C9H10BrNO2/c1-6(9(12)13-2)7-4-3-5-8(10)11-7/h3-6H,1-2H3. The Bertz CT molecular complexity index is 314. The number of ether oxygens (including phenoxy) is 1. The van der Waals surface area contributed by atoms with Gasteiger partial charge in [-0.2, -0.15) is 0 Å². The summed E-state index contributed by atoms with van der Waals surface area (Å²) in [7, 11) is 1.37. The molecular formula is C9H10BrNO2. The normalized spacial score (nSPS) is 12.2. The van der Waals surface area contributed by atoms with Gasteiger partial charge in [0.1, 0.15) is 4.60 Å². The summed E-state index contributed by atoms with van der Waals surface area (Å²) >= 11 is 3.24. The van der Waals surface area contributed by atoms with Gasteiger partial charge < -0.3 is 4.74 Å². The quantitative estimate of drug-likeness (QED) is 0.590. The predicted octanol–water partition coefficient (Wildman–Crippen LogP) is 2.12. The lowest BCUT2D eigenvalue weighted by Gasteiger charge is -2.07. The van der Waals surface area contributed by atoms with Crippen LogP contribution < -0.4 is 0 Å². The molecule has 0 aliphatic carbocycles. The van der Waals surface area contributed by atoms with E-state index in [0.29, 0.717) is 5.69 Å². The lowest BCUT2D eigenvalue weighted by molar-refractivity contribution is -0.142. The topological polar surface area (TPSA) is 39.2 Å². The van der Waals surface area contributed by atoms with Gasteiger partial charge in [0.15, 0.2) is 0 Å². The van der Waals surface area contributed by atoms with E-state index >= 15 is 0 Å². The Morgan fingerprint density at radius 2 is 2.31 bits per heavy atom. The van der Waals surface area contributed by atoms with Gasteiger partial charge in [0.25, 0.3) is 0 Å². The fraction of sp³-hybridized carbons (Fsp3) is 0.333. The van der Waals surface area contributed by atoms with Crippen LogP contribution in [0.3, 0.4) is 0 Å². The molecule has 1 aromatic heterocycles. The summed E-state index contributed by atoms with van der Waals surface area (Å²) in [5.41, 5.74) is 0.709. The number of esters is 1. The molecule has 0 N–H and O–H groups in total. The summed E-state index contributed by atoms with van der Waals surface area (Å²) in [5, 5.41) is 0. The highest BCUT2D eigenvalue weighted by Gasteiger charge is 2.16. The zero-order chi connectivity index (χ0) is 9.84. The lowest BCUT2D eigenvalue weighted by Crippen LogP contribution is -2.12. The SMILES string of the molecule is COC(=O)C(C)c1cccc(Br)n1. The van der Waals surface area contributed by atoms with E-state index in [1.165, 1.54) is 7.11 Å². The molecule has 13 heavy (non-hydrogen) atoms. The molecule has 4 heteroatoms. The minimum atomic E-state index is -0.317. The van der Waals surface area contributed by atoms with Crippen molar-refractivity contribution in [3.8, 4) is 0 Å². The van der Waals surface area contributed by atoms with Crippen molar-refractivity contribution in [2.45, 2.75) is 12.8 Å². The summed E-state index contributed by atoms with van der Waals surface area (Å²) in [5.74, 6) is -0.590. The van der Waals surface area contributed by atoms with E-state index in [1.54, 1.807) is 13.0 Å². The Kier molecular flexibility index (Phi) is 3.42. The molecule has 0 spiro atoms. The number of methoxy groups -OCH3 is 1. The average molecular weight is 244 g/mol. The second-order valence-electron chi connectivity index (χ2n) is 2.63. The highest BCUT2D eigenvalue weighted by atomic mass is 79.9. The molecule has 0 saturated heterocycles. The fourth-order valence-corrected chi connectivity index (χ4v) is 1.32. The number of aromatic nitrogens is 1. The number of hydrogen-bond donors (Lipinski definition) is 0. The second kappa shape index (κ2) is 4.37. The van der Waals surface area contributed by atoms with Crippen LogP contribution in [0.25, 0.3) is 0 Å². The minimum Gasteiger partial charge on any atom is -0.469 e. The fourth-order valence-electron chi connectivity index (χ4n) is 0.963. The number of carbonyl (C=O) groups is 1. The van der Waals surface area contributed by atoms with Crippen molar-refractivity contribution < 1.29 is 9.53 Å². The Hall–Kier alpha value is -0.900. The molecule has 1 unspecified atom stereocenters. The summed E-state index contributed by atoms with van der Waals surface area (Å²) < 4.78 is 5.33. The third-order valence-electron chi connectivity index (χ3n) is 1.74. The highest BCUT2D eigenvalue weighted by molar-refractivity contribution is 9.10. The monoisotopic (exact) mass is 243 g/mol. The largest absolute Gasteiger partial charge is 0.469 e. The van der Waals surface area contributed by atoms with Gasteiger partial charge in [-0.3, -0.25) is 4.79 Å². The smallest absolute Gasteiger partial charge is 0.314 e. The van der Waals surface area contributed by atoms with E-state index in [2.05, 4.69) is 25.7 Å². The number of halogens is 1. The van der Waals surface area contributed by atoms with E-state index in [9.17, 15) is 4.79 Å². The minimum absolute atomic E-state index is 0.273. The number of pyridine rings is 1. The van der Waals surface area contributed by atoms with Crippen molar-refractivity contribution in [2.75, 3.05) is 7.11 Å². The molecule has 1 aromatic rings. The molecule has 0 aliphatic rings. The summed E-state index contributed by atoms with van der Waals surface area (Å²) in [6.07, 6.45) is 0. The van der Waals surface area contributed by atoms with Gasteiger partial charge in [0, 0.05) is 0 Å². The molecular weight excluding hydrogens is 234 g/mol. The van der Waals surface area contributed by atoms with Crippen LogP contribution in [0.2, 0.25) is 0 Å². The third-order valence-corrected chi connectivity index (χ3v) is 2.18. The van der Waals surface area contributed by atoms with Crippen LogP contribution in [0.5, 0.6) is 0 Å². The number of rotatable bonds is 2. The van der Waals surface area contributed by atoms with Gasteiger partial charge in [0.05, 0.1) is 18.7 Å². The van der Waals surface area contributed by atoms with E-state index in [1.807, 2.05) is 12.1 Å². The number of hydrogen-bond acceptors (Lipinski definition) is 3. The molecule has 0 aliphatic heterocycles. The van der Waals surface area contributed by atoms with Crippen molar-refractivity contribution in [3.05, 3.63) is 28.5 Å². The molecule has 0 fully saturated rings. The summed E-state index contributed by atoms with van der Waals surface area (Å²) in [4.78, 5) is 15.3. The van der Waals surface area contributed by atoms with Gasteiger partial charge in [-0.25, -0.2) is 4.98 Å². The van der Waals surface area contributed by atoms with Gasteiger partial charge in [-0.05, 0) is 35.0 Å². The van der Waals surface area contributed by atoms with E-state index in [0.717, 1.165) is 4.60 Å². The maximum atomic E-state index is 11.1. The van der Waals surface area contributed by atoms with E-state index < -0.39 is 0 Å². The highest BCUT2D eigenvalue weighted by Crippen LogP contribution is 2.16. The first-order valence-corrected chi connectivity index (χ1v) is 4.64. The van der Waals surface area contributed by atoms with Crippen LogP contribution in [-0.2, 0) is 9.53 Å². The molecule has 0 amide bonds. The van der Waals surface area contributed by atoms with Gasteiger partial charge in [-0.15, -0.1) is 0 Å². The molecule has 1 heterocycles. The second-order valence-corrected chi connectivity index (χ2v) is 3.44. The van der Waals surface area contributed by atoms with Gasteiger partial charge >= 0.3 is 5.97 Å². The molecule has 0 aromatic carbocycles. The first-order chi connectivity index (χ1) is 6.15.